The van der Waals surface area contributed by atoms with Crippen molar-refractivity contribution in [2.75, 3.05) is 19.7 Å². The number of alkyl halides is 3. The second kappa shape index (κ2) is 6.29. The average Bonchev–Trinajstić information content (AvgIpc) is 3.08. The fourth-order valence-electron chi connectivity index (χ4n) is 2.54. The van der Waals surface area contributed by atoms with Gasteiger partial charge in [-0.05, 0) is 11.6 Å². The number of morpholine rings is 1. The van der Waals surface area contributed by atoms with Crippen molar-refractivity contribution in [1.29, 1.82) is 0 Å². The lowest BCUT2D eigenvalue weighted by molar-refractivity contribution is -0.140. The molecule has 1 aliphatic heterocycles. The molecule has 0 aliphatic carbocycles. The Hall–Kier alpha value is -1.93. The van der Waals surface area contributed by atoms with Gasteiger partial charge in [-0.2, -0.15) is 13.2 Å². The number of nitrogens with zero attached hydrogens (tertiary/aromatic N) is 2. The number of amides is 1. The van der Waals surface area contributed by atoms with Gasteiger partial charge in [0.2, 0.25) is 0 Å². The standard InChI is InChI=1S/C15H13F3N2O2S/c16-15(17,18)11-4-2-1-3-10(11)13-7-20(5-6-22-13)14(21)12-8-23-9-19-12/h1-4,8-9,13H,5-7H2/t13-/m1/s1. The molecule has 0 N–H and O–H groups in total. The second-order valence-corrected chi connectivity index (χ2v) is 5.79. The topological polar surface area (TPSA) is 42.4 Å². The fourth-order valence-corrected chi connectivity index (χ4v) is 3.06. The average molecular weight is 342 g/mol. The van der Waals surface area contributed by atoms with Gasteiger partial charge in [0.1, 0.15) is 11.8 Å². The highest BCUT2D eigenvalue weighted by Gasteiger charge is 2.37. The van der Waals surface area contributed by atoms with Crippen molar-refractivity contribution in [1.82, 2.24) is 9.88 Å². The van der Waals surface area contributed by atoms with Gasteiger partial charge < -0.3 is 9.64 Å². The molecule has 0 saturated carbocycles. The lowest BCUT2D eigenvalue weighted by atomic mass is 10.0. The minimum atomic E-state index is -4.46. The molecule has 122 valence electrons. The Morgan fingerprint density at radius 2 is 2.13 bits per heavy atom. The number of halogens is 3. The molecular weight excluding hydrogens is 329 g/mol. The van der Waals surface area contributed by atoms with Crippen molar-refractivity contribution in [3.8, 4) is 0 Å². The number of carbonyl (C=O) groups excluding carboxylic acids is 1. The maximum absolute atomic E-state index is 13.1. The quantitative estimate of drug-likeness (QED) is 0.840. The SMILES string of the molecule is O=C(c1cscn1)N1CCO[C@@H](c2ccccc2C(F)(F)F)C1. The molecule has 2 heterocycles. The second-order valence-electron chi connectivity index (χ2n) is 5.07. The molecule has 0 unspecified atom stereocenters. The molecule has 4 nitrogen and oxygen atoms in total. The van der Waals surface area contributed by atoms with E-state index in [2.05, 4.69) is 4.98 Å². The third-order valence-electron chi connectivity index (χ3n) is 3.62. The van der Waals surface area contributed by atoms with E-state index in [-0.39, 0.29) is 24.6 Å². The highest BCUT2D eigenvalue weighted by atomic mass is 32.1. The molecule has 1 aromatic carbocycles. The number of benzene rings is 1. The molecule has 1 fully saturated rings. The highest BCUT2D eigenvalue weighted by molar-refractivity contribution is 7.07. The molecule has 1 amide bonds. The number of hydrogen-bond donors (Lipinski definition) is 0. The summed E-state index contributed by atoms with van der Waals surface area (Å²) in [5, 5.41) is 1.62. The summed E-state index contributed by atoms with van der Waals surface area (Å²) in [5.74, 6) is -0.288. The summed E-state index contributed by atoms with van der Waals surface area (Å²) in [6.07, 6.45) is -5.26. The van der Waals surface area contributed by atoms with Gasteiger partial charge >= 0.3 is 6.18 Å². The molecule has 0 radical (unpaired) electrons. The van der Waals surface area contributed by atoms with E-state index >= 15 is 0 Å². The van der Waals surface area contributed by atoms with Crippen molar-refractivity contribution in [2.24, 2.45) is 0 Å². The van der Waals surface area contributed by atoms with Gasteiger partial charge in [-0.3, -0.25) is 4.79 Å². The van der Waals surface area contributed by atoms with Crippen LogP contribution in [0.5, 0.6) is 0 Å². The molecule has 8 heteroatoms. The van der Waals surface area contributed by atoms with E-state index in [0.717, 1.165) is 6.07 Å². The zero-order chi connectivity index (χ0) is 16.4. The predicted octanol–water partition coefficient (Wildman–Crippen LogP) is 3.38. The predicted molar refractivity (Wildman–Crippen MR) is 78.2 cm³/mol. The van der Waals surface area contributed by atoms with Crippen LogP contribution in [0.15, 0.2) is 35.2 Å². The van der Waals surface area contributed by atoms with Crippen LogP contribution >= 0.6 is 11.3 Å². The smallest absolute Gasteiger partial charge is 0.370 e. The van der Waals surface area contributed by atoms with E-state index in [1.165, 1.54) is 34.4 Å². The molecule has 3 rings (SSSR count). The first-order valence-corrected chi connectivity index (χ1v) is 7.86. The molecule has 1 aromatic heterocycles. The van der Waals surface area contributed by atoms with E-state index < -0.39 is 17.8 Å². The number of rotatable bonds is 2. The van der Waals surface area contributed by atoms with Crippen molar-refractivity contribution >= 4 is 17.2 Å². The van der Waals surface area contributed by atoms with Crippen LogP contribution in [0.2, 0.25) is 0 Å². The van der Waals surface area contributed by atoms with Crippen molar-refractivity contribution in [3.63, 3.8) is 0 Å². The number of carbonyl (C=O) groups is 1. The van der Waals surface area contributed by atoms with Crippen LogP contribution in [-0.4, -0.2) is 35.5 Å². The lowest BCUT2D eigenvalue weighted by Crippen LogP contribution is -2.42. The first-order chi connectivity index (χ1) is 11.0. The van der Waals surface area contributed by atoms with E-state index in [1.54, 1.807) is 10.9 Å². The molecule has 23 heavy (non-hydrogen) atoms. The van der Waals surface area contributed by atoms with Crippen LogP contribution in [0.3, 0.4) is 0 Å². The van der Waals surface area contributed by atoms with Gasteiger partial charge in [0, 0.05) is 11.9 Å². The van der Waals surface area contributed by atoms with E-state index in [1.807, 2.05) is 0 Å². The van der Waals surface area contributed by atoms with Gasteiger partial charge in [-0.1, -0.05) is 18.2 Å². The van der Waals surface area contributed by atoms with E-state index in [0.29, 0.717) is 12.2 Å². The molecule has 1 atom stereocenters. The Morgan fingerprint density at radius 1 is 1.35 bits per heavy atom. The Kier molecular flexibility index (Phi) is 4.36. The first kappa shape index (κ1) is 15.9. The zero-order valence-corrected chi connectivity index (χ0v) is 12.7. The van der Waals surface area contributed by atoms with E-state index in [9.17, 15) is 18.0 Å². The van der Waals surface area contributed by atoms with Crippen LogP contribution in [0.1, 0.15) is 27.7 Å². The molecule has 0 spiro atoms. The maximum Gasteiger partial charge on any atom is 0.416 e. The molecule has 1 saturated heterocycles. The fraction of sp³-hybridized carbons (Fsp3) is 0.333. The zero-order valence-electron chi connectivity index (χ0n) is 11.9. The van der Waals surface area contributed by atoms with Crippen LogP contribution in [0, 0.1) is 0 Å². The molecule has 2 aromatic rings. The van der Waals surface area contributed by atoms with Crippen LogP contribution in [-0.2, 0) is 10.9 Å². The lowest BCUT2D eigenvalue weighted by Gasteiger charge is -2.33. The molecule has 1 aliphatic rings. The minimum absolute atomic E-state index is 0.0516. The van der Waals surface area contributed by atoms with Crippen molar-refractivity contribution in [2.45, 2.75) is 12.3 Å². The van der Waals surface area contributed by atoms with Crippen molar-refractivity contribution < 1.29 is 22.7 Å². The largest absolute Gasteiger partial charge is 0.416 e. The summed E-state index contributed by atoms with van der Waals surface area (Å²) >= 11 is 1.30. The Bertz CT molecular complexity index is 688. The van der Waals surface area contributed by atoms with Crippen molar-refractivity contribution in [3.05, 3.63) is 52.0 Å². The van der Waals surface area contributed by atoms with Gasteiger partial charge in [-0.25, -0.2) is 4.98 Å². The van der Waals surface area contributed by atoms with Crippen LogP contribution in [0.25, 0.3) is 0 Å². The molecule has 0 bridgehead atoms. The normalized spacial score (nSPS) is 18.9. The van der Waals surface area contributed by atoms with Gasteiger partial charge in [0.15, 0.2) is 0 Å². The summed E-state index contributed by atoms with van der Waals surface area (Å²) in [4.78, 5) is 17.7. The molecular formula is C15H13F3N2O2S. The minimum Gasteiger partial charge on any atom is -0.370 e. The number of ether oxygens (including phenoxy) is 1. The monoisotopic (exact) mass is 342 g/mol. The third kappa shape index (κ3) is 3.37. The summed E-state index contributed by atoms with van der Waals surface area (Å²) in [7, 11) is 0. The van der Waals surface area contributed by atoms with Gasteiger partial charge in [0.25, 0.3) is 5.91 Å². The third-order valence-corrected chi connectivity index (χ3v) is 4.20. The summed E-state index contributed by atoms with van der Waals surface area (Å²) in [6, 6.07) is 5.30. The Morgan fingerprint density at radius 3 is 2.83 bits per heavy atom. The first-order valence-electron chi connectivity index (χ1n) is 6.92. The maximum atomic E-state index is 13.1. The van der Waals surface area contributed by atoms with Gasteiger partial charge in [-0.15, -0.1) is 11.3 Å². The highest BCUT2D eigenvalue weighted by Crippen LogP contribution is 2.36. The number of aromatic nitrogens is 1. The summed E-state index contributed by atoms with van der Waals surface area (Å²) in [5.41, 5.74) is 1.17. The Labute approximate surface area is 134 Å². The summed E-state index contributed by atoms with van der Waals surface area (Å²) in [6.45, 7) is 0.594. The van der Waals surface area contributed by atoms with Gasteiger partial charge in [0.05, 0.1) is 24.2 Å². The van der Waals surface area contributed by atoms with Crippen LogP contribution in [0.4, 0.5) is 13.2 Å². The Balaban J connectivity index is 1.84. The summed E-state index contributed by atoms with van der Waals surface area (Å²) < 4.78 is 44.9. The van der Waals surface area contributed by atoms with E-state index in [4.69, 9.17) is 4.74 Å². The number of hydrogen-bond acceptors (Lipinski definition) is 4. The number of thiazole rings is 1. The van der Waals surface area contributed by atoms with Crippen LogP contribution < -0.4 is 0 Å².